The standard InChI is InChI=1S/C11H13Br2NO3/c1-2-17-10(15)6-14-5-7-3-8(12)11(16)9(13)4-7/h3-4,14,16H,2,5-6H2,1H3. The fraction of sp³-hybridized carbons (Fsp3) is 0.364. The highest BCUT2D eigenvalue weighted by Gasteiger charge is 2.06. The maximum atomic E-state index is 11.1. The highest BCUT2D eigenvalue weighted by atomic mass is 79.9. The van der Waals surface area contributed by atoms with Crippen LogP contribution in [0, 0.1) is 0 Å². The summed E-state index contributed by atoms with van der Waals surface area (Å²) in [6.45, 7) is 2.85. The minimum absolute atomic E-state index is 0.166. The fourth-order valence-corrected chi connectivity index (χ4v) is 2.52. The van der Waals surface area contributed by atoms with Gasteiger partial charge in [0, 0.05) is 6.54 Å². The second-order valence-corrected chi connectivity index (χ2v) is 5.03. The molecular weight excluding hydrogens is 354 g/mol. The molecule has 0 aliphatic heterocycles. The molecular formula is C11H13Br2NO3. The Labute approximate surface area is 117 Å². The number of carbonyl (C=O) groups excluding carboxylic acids is 1. The third-order valence-corrected chi connectivity index (χ3v) is 3.19. The third kappa shape index (κ3) is 4.65. The molecule has 1 aromatic rings. The molecule has 0 aliphatic carbocycles. The molecule has 4 nitrogen and oxygen atoms in total. The lowest BCUT2D eigenvalue weighted by molar-refractivity contribution is -0.142. The molecule has 0 aliphatic rings. The van der Waals surface area contributed by atoms with Crippen LogP contribution < -0.4 is 5.32 Å². The number of benzene rings is 1. The van der Waals surface area contributed by atoms with Crippen LogP contribution in [0.25, 0.3) is 0 Å². The predicted octanol–water partition coefficient (Wildman–Crippen LogP) is 2.57. The number of halogens is 2. The van der Waals surface area contributed by atoms with E-state index in [0.29, 0.717) is 22.1 Å². The number of hydrogen-bond acceptors (Lipinski definition) is 4. The average molecular weight is 367 g/mol. The van der Waals surface area contributed by atoms with Gasteiger partial charge in [-0.15, -0.1) is 0 Å². The number of aromatic hydroxyl groups is 1. The van der Waals surface area contributed by atoms with Gasteiger partial charge in [0.15, 0.2) is 0 Å². The van der Waals surface area contributed by atoms with Gasteiger partial charge in [0.25, 0.3) is 0 Å². The van der Waals surface area contributed by atoms with Crippen LogP contribution in [0.3, 0.4) is 0 Å². The lowest BCUT2D eigenvalue weighted by Gasteiger charge is -2.07. The van der Waals surface area contributed by atoms with Crippen LogP contribution in [0.4, 0.5) is 0 Å². The van der Waals surface area contributed by atoms with Crippen molar-refractivity contribution in [1.29, 1.82) is 0 Å². The largest absolute Gasteiger partial charge is 0.506 e. The molecule has 0 unspecified atom stereocenters. The van der Waals surface area contributed by atoms with E-state index in [1.165, 1.54) is 0 Å². The molecule has 1 aromatic carbocycles. The highest BCUT2D eigenvalue weighted by molar-refractivity contribution is 9.11. The maximum absolute atomic E-state index is 11.1. The lowest BCUT2D eigenvalue weighted by Crippen LogP contribution is -2.24. The first-order chi connectivity index (χ1) is 8.04. The molecule has 1 rings (SSSR count). The summed E-state index contributed by atoms with van der Waals surface area (Å²) in [5, 5.41) is 12.5. The van der Waals surface area contributed by atoms with Crippen LogP contribution in [0.15, 0.2) is 21.1 Å². The van der Waals surface area contributed by atoms with Crippen molar-refractivity contribution in [3.63, 3.8) is 0 Å². The average Bonchev–Trinajstić information content (AvgIpc) is 2.26. The summed E-state index contributed by atoms with van der Waals surface area (Å²) in [5.41, 5.74) is 0.950. The molecule has 0 heterocycles. The maximum Gasteiger partial charge on any atom is 0.319 e. The quantitative estimate of drug-likeness (QED) is 0.786. The Bertz CT molecular complexity index is 387. The number of phenolic OH excluding ortho intramolecular Hbond substituents is 1. The lowest BCUT2D eigenvalue weighted by atomic mass is 10.2. The van der Waals surface area contributed by atoms with Crippen LogP contribution in [0.2, 0.25) is 0 Å². The van der Waals surface area contributed by atoms with Gasteiger partial charge in [0.2, 0.25) is 0 Å². The number of nitrogens with one attached hydrogen (secondary N) is 1. The van der Waals surface area contributed by atoms with E-state index in [2.05, 4.69) is 37.2 Å². The first-order valence-electron chi connectivity index (χ1n) is 5.07. The van der Waals surface area contributed by atoms with E-state index in [-0.39, 0.29) is 18.3 Å². The molecule has 6 heteroatoms. The van der Waals surface area contributed by atoms with Gasteiger partial charge in [-0.05, 0) is 56.5 Å². The zero-order valence-corrected chi connectivity index (χ0v) is 12.5. The molecule has 17 heavy (non-hydrogen) atoms. The number of phenols is 1. The van der Waals surface area contributed by atoms with Crippen molar-refractivity contribution in [1.82, 2.24) is 5.32 Å². The first kappa shape index (κ1) is 14.5. The number of carbonyl (C=O) groups is 1. The first-order valence-corrected chi connectivity index (χ1v) is 6.66. The molecule has 94 valence electrons. The number of esters is 1. The van der Waals surface area contributed by atoms with E-state index in [0.717, 1.165) is 5.56 Å². The molecule has 0 spiro atoms. The van der Waals surface area contributed by atoms with E-state index in [4.69, 9.17) is 4.74 Å². The summed E-state index contributed by atoms with van der Waals surface area (Å²) < 4.78 is 6.01. The Hall–Kier alpha value is -0.590. The number of ether oxygens (including phenoxy) is 1. The molecule has 0 atom stereocenters. The molecule has 0 saturated carbocycles. The highest BCUT2D eigenvalue weighted by Crippen LogP contribution is 2.33. The molecule has 0 bridgehead atoms. The summed E-state index contributed by atoms with van der Waals surface area (Å²) in [6.07, 6.45) is 0. The van der Waals surface area contributed by atoms with E-state index >= 15 is 0 Å². The summed E-state index contributed by atoms with van der Waals surface area (Å²) in [6, 6.07) is 3.58. The molecule has 2 N–H and O–H groups in total. The van der Waals surface area contributed by atoms with Gasteiger partial charge >= 0.3 is 5.97 Å². The van der Waals surface area contributed by atoms with Crippen LogP contribution >= 0.6 is 31.9 Å². The SMILES string of the molecule is CCOC(=O)CNCc1cc(Br)c(O)c(Br)c1. The molecule has 0 amide bonds. The Morgan fingerprint density at radius 2 is 2.00 bits per heavy atom. The van der Waals surface area contributed by atoms with Crippen molar-refractivity contribution in [2.24, 2.45) is 0 Å². The summed E-state index contributed by atoms with van der Waals surface area (Å²) in [5.74, 6) is -0.108. The Morgan fingerprint density at radius 1 is 1.41 bits per heavy atom. The van der Waals surface area contributed by atoms with Crippen molar-refractivity contribution in [3.8, 4) is 5.75 Å². The Balaban J connectivity index is 2.50. The van der Waals surface area contributed by atoms with E-state index in [1.54, 1.807) is 19.1 Å². The minimum atomic E-state index is -0.274. The van der Waals surface area contributed by atoms with Gasteiger partial charge < -0.3 is 15.2 Å². The molecule has 0 radical (unpaired) electrons. The number of hydrogen-bond donors (Lipinski definition) is 2. The van der Waals surface area contributed by atoms with E-state index in [1.807, 2.05) is 0 Å². The van der Waals surface area contributed by atoms with Crippen LogP contribution in [-0.2, 0) is 16.1 Å². The monoisotopic (exact) mass is 365 g/mol. The summed E-state index contributed by atoms with van der Waals surface area (Å²) in [7, 11) is 0. The van der Waals surface area contributed by atoms with Gasteiger partial charge in [-0.2, -0.15) is 0 Å². The zero-order chi connectivity index (χ0) is 12.8. The van der Waals surface area contributed by atoms with Gasteiger partial charge in [0.05, 0.1) is 22.1 Å². The van der Waals surface area contributed by atoms with Crippen molar-refractivity contribution >= 4 is 37.8 Å². The van der Waals surface area contributed by atoms with Crippen molar-refractivity contribution < 1.29 is 14.6 Å². The number of rotatable bonds is 5. The van der Waals surface area contributed by atoms with Crippen molar-refractivity contribution in [3.05, 3.63) is 26.6 Å². The summed E-state index contributed by atoms with van der Waals surface area (Å²) >= 11 is 6.49. The predicted molar refractivity (Wildman–Crippen MR) is 71.8 cm³/mol. The van der Waals surface area contributed by atoms with Gasteiger partial charge in [0.1, 0.15) is 5.75 Å². The Morgan fingerprint density at radius 3 is 2.53 bits per heavy atom. The summed E-state index contributed by atoms with van der Waals surface area (Å²) in [4.78, 5) is 11.1. The topological polar surface area (TPSA) is 58.6 Å². The second kappa shape index (κ2) is 6.98. The minimum Gasteiger partial charge on any atom is -0.506 e. The molecule has 0 saturated heterocycles. The normalized spacial score (nSPS) is 10.3. The van der Waals surface area contributed by atoms with Gasteiger partial charge in [-0.25, -0.2) is 0 Å². The third-order valence-electron chi connectivity index (χ3n) is 1.98. The van der Waals surface area contributed by atoms with Crippen molar-refractivity contribution in [2.75, 3.05) is 13.2 Å². The molecule has 0 aromatic heterocycles. The van der Waals surface area contributed by atoms with Gasteiger partial charge in [-0.3, -0.25) is 4.79 Å². The smallest absolute Gasteiger partial charge is 0.319 e. The van der Waals surface area contributed by atoms with Crippen molar-refractivity contribution in [2.45, 2.75) is 13.5 Å². The van der Waals surface area contributed by atoms with E-state index < -0.39 is 0 Å². The Kier molecular flexibility index (Phi) is 5.94. The van der Waals surface area contributed by atoms with Crippen LogP contribution in [-0.4, -0.2) is 24.2 Å². The zero-order valence-electron chi connectivity index (χ0n) is 9.30. The van der Waals surface area contributed by atoms with Crippen LogP contribution in [0.1, 0.15) is 12.5 Å². The molecule has 0 fully saturated rings. The fourth-order valence-electron chi connectivity index (χ4n) is 1.24. The van der Waals surface area contributed by atoms with E-state index in [9.17, 15) is 9.90 Å². The second-order valence-electron chi connectivity index (χ2n) is 3.32. The van der Waals surface area contributed by atoms with Crippen LogP contribution in [0.5, 0.6) is 5.75 Å². The van der Waals surface area contributed by atoms with Gasteiger partial charge in [-0.1, -0.05) is 0 Å².